The second-order valence-electron chi connectivity index (χ2n) is 11.9. The largest absolute Gasteiger partial charge is 0.416 e. The van der Waals surface area contributed by atoms with Crippen LogP contribution in [0.5, 0.6) is 0 Å². The molecule has 2 atom stereocenters. The lowest BCUT2D eigenvalue weighted by Gasteiger charge is -2.38. The molecule has 0 aliphatic carbocycles. The molecule has 272 valence electrons. The van der Waals surface area contributed by atoms with Gasteiger partial charge in [-0.1, -0.05) is 42.3 Å². The zero-order valence-electron chi connectivity index (χ0n) is 28.6. The molecule has 1 aromatic heterocycles. The number of fused-ring (bicyclic) bond motifs is 1. The molecular weight excluding hydrogens is 680 g/mol. The Morgan fingerprint density at radius 1 is 1.04 bits per heavy atom. The van der Waals surface area contributed by atoms with Crippen molar-refractivity contribution in [1.29, 1.82) is 0 Å². The molecule has 2 amide bonds. The Morgan fingerprint density at radius 2 is 1.75 bits per heavy atom. The van der Waals surface area contributed by atoms with Crippen LogP contribution in [0.3, 0.4) is 0 Å². The summed E-state index contributed by atoms with van der Waals surface area (Å²) < 4.78 is 60.8. The Balaban J connectivity index is 0.000000407. The minimum Gasteiger partial charge on any atom is -0.379 e. The number of rotatable bonds is 8. The van der Waals surface area contributed by atoms with Crippen LogP contribution in [0, 0.1) is 17.7 Å². The van der Waals surface area contributed by atoms with Crippen LogP contribution in [0.15, 0.2) is 78.9 Å². The number of para-hydroxylation sites is 1. The first-order chi connectivity index (χ1) is 25.1. The normalized spacial score (nSPS) is 17.3. The molecule has 0 radical (unpaired) electrons. The number of aldehydes is 1. The van der Waals surface area contributed by atoms with Gasteiger partial charge >= 0.3 is 6.18 Å². The number of carbonyl (C=O) groups excluding carboxylic acids is 3. The van der Waals surface area contributed by atoms with Gasteiger partial charge in [-0.2, -0.15) is 18.3 Å². The highest BCUT2D eigenvalue weighted by Crippen LogP contribution is 2.43. The number of carbonyl (C=O) groups is 3. The Bertz CT molecular complexity index is 1920. The summed E-state index contributed by atoms with van der Waals surface area (Å²) in [5.74, 6) is 3.05. The van der Waals surface area contributed by atoms with Gasteiger partial charge in [-0.25, -0.2) is 9.07 Å². The molecular formula is C38H38F4N6O4. The van der Waals surface area contributed by atoms with Crippen LogP contribution in [0.1, 0.15) is 45.6 Å². The van der Waals surface area contributed by atoms with Crippen molar-refractivity contribution < 1.29 is 36.7 Å². The fraction of sp³-hybridized carbons (Fsp3) is 0.316. The predicted octanol–water partition coefficient (Wildman–Crippen LogP) is 4.57. The van der Waals surface area contributed by atoms with E-state index in [1.807, 2.05) is 30.3 Å². The molecule has 2 N–H and O–H groups in total. The van der Waals surface area contributed by atoms with Crippen LogP contribution < -0.4 is 15.5 Å². The average molecular weight is 719 g/mol. The van der Waals surface area contributed by atoms with Gasteiger partial charge in [0.1, 0.15) is 17.7 Å². The van der Waals surface area contributed by atoms with Gasteiger partial charge in [0.2, 0.25) is 0 Å². The number of benzene rings is 3. The molecule has 14 heteroatoms. The average Bonchev–Trinajstić information content (AvgIpc) is 3.52. The Morgan fingerprint density at radius 3 is 2.38 bits per heavy atom. The van der Waals surface area contributed by atoms with Crippen LogP contribution in [0.4, 0.5) is 23.4 Å². The van der Waals surface area contributed by atoms with Crippen molar-refractivity contribution in [2.45, 2.75) is 31.6 Å². The summed E-state index contributed by atoms with van der Waals surface area (Å²) in [4.78, 5) is 41.0. The SMILES string of the molecule is CCN1C(=O)C(NC(=O)c2cccc(C(F)(F)F)c2)C(c2ccc(F)cc2)c2c(CNC)nn(-c3ccccc3)c21.O=CC#CCN1CCOCC1. The predicted molar refractivity (Wildman–Crippen MR) is 186 cm³/mol. The fourth-order valence-electron chi connectivity index (χ4n) is 6.17. The molecule has 6 rings (SSSR count). The number of ether oxygens (including phenoxy) is 1. The molecule has 3 aromatic carbocycles. The molecule has 0 spiro atoms. The van der Waals surface area contributed by atoms with Crippen LogP contribution in [0.25, 0.3) is 5.69 Å². The topological polar surface area (TPSA) is 109 Å². The van der Waals surface area contributed by atoms with Gasteiger partial charge in [0.05, 0.1) is 36.7 Å². The van der Waals surface area contributed by atoms with Gasteiger partial charge in [0.25, 0.3) is 11.8 Å². The lowest BCUT2D eigenvalue weighted by atomic mass is 9.80. The van der Waals surface area contributed by atoms with E-state index < -0.39 is 41.3 Å². The maximum absolute atomic E-state index is 14.1. The summed E-state index contributed by atoms with van der Waals surface area (Å²) in [5.41, 5.74) is 1.27. The maximum Gasteiger partial charge on any atom is 0.416 e. The highest BCUT2D eigenvalue weighted by Gasteiger charge is 2.46. The van der Waals surface area contributed by atoms with Crippen molar-refractivity contribution in [3.8, 4) is 17.5 Å². The molecule has 1 saturated heterocycles. The van der Waals surface area contributed by atoms with Gasteiger partial charge in [-0.15, -0.1) is 0 Å². The number of halogens is 4. The standard InChI is InChI=1S/C30H27F4N5O2.C8H11NO2/c1-3-38-28-25(23(17-35-2)37-39(28)22-10-5-4-6-11-22)24(18-12-14-21(31)15-13-18)26(29(38)41)36-27(40)19-8-7-9-20(16-19)30(32,33)34;10-6-2-1-3-9-4-7-11-8-5-9/h4-16,24,26,35H,3,17H2,1-2H3,(H,36,40);6H,3-5,7-8H2. The highest BCUT2D eigenvalue weighted by atomic mass is 19.4. The third kappa shape index (κ3) is 8.74. The van der Waals surface area contributed by atoms with Crippen molar-refractivity contribution >= 4 is 23.9 Å². The molecule has 0 saturated carbocycles. The minimum absolute atomic E-state index is 0.232. The third-order valence-electron chi connectivity index (χ3n) is 8.60. The zero-order valence-corrected chi connectivity index (χ0v) is 28.6. The number of morpholine rings is 1. The lowest BCUT2D eigenvalue weighted by Crippen LogP contribution is -2.55. The first-order valence-electron chi connectivity index (χ1n) is 16.7. The quantitative estimate of drug-likeness (QED) is 0.156. The van der Waals surface area contributed by atoms with E-state index in [4.69, 9.17) is 9.84 Å². The first kappa shape index (κ1) is 37.9. The molecule has 0 bridgehead atoms. The summed E-state index contributed by atoms with van der Waals surface area (Å²) in [6.45, 7) is 6.43. The number of alkyl halides is 3. The molecule has 1 fully saturated rings. The van der Waals surface area contributed by atoms with E-state index in [0.29, 0.717) is 47.7 Å². The maximum atomic E-state index is 14.1. The van der Waals surface area contributed by atoms with E-state index in [0.717, 1.165) is 44.5 Å². The Hall–Kier alpha value is -5.36. The number of hydrogen-bond acceptors (Lipinski definition) is 7. The van der Waals surface area contributed by atoms with Crippen LogP contribution in [0.2, 0.25) is 0 Å². The van der Waals surface area contributed by atoms with Crippen molar-refractivity contribution in [3.05, 3.63) is 113 Å². The van der Waals surface area contributed by atoms with E-state index in [9.17, 15) is 31.9 Å². The number of hydrogen-bond donors (Lipinski definition) is 2. The number of likely N-dealkylation sites (N-methyl/N-ethyl adjacent to an activating group) is 1. The zero-order chi connectivity index (χ0) is 37.3. The lowest BCUT2D eigenvalue weighted by molar-refractivity contribution is -0.137. The first-order valence-corrected chi connectivity index (χ1v) is 16.7. The second-order valence-corrected chi connectivity index (χ2v) is 11.9. The minimum atomic E-state index is -4.64. The van der Waals surface area contributed by atoms with Gasteiger partial charge in [0, 0.05) is 43.2 Å². The molecule has 2 aliphatic heterocycles. The summed E-state index contributed by atoms with van der Waals surface area (Å²) in [5, 5.41) is 10.6. The monoisotopic (exact) mass is 718 g/mol. The van der Waals surface area contributed by atoms with E-state index >= 15 is 0 Å². The van der Waals surface area contributed by atoms with E-state index in [-0.39, 0.29) is 12.1 Å². The van der Waals surface area contributed by atoms with Gasteiger partial charge in [0.15, 0.2) is 6.29 Å². The van der Waals surface area contributed by atoms with Crippen molar-refractivity contribution in [1.82, 2.24) is 25.3 Å². The summed E-state index contributed by atoms with van der Waals surface area (Å²) in [6.07, 6.45) is -4.02. The molecule has 3 heterocycles. The van der Waals surface area contributed by atoms with E-state index in [1.165, 1.54) is 35.2 Å². The number of nitrogens with zero attached hydrogens (tertiary/aromatic N) is 4. The van der Waals surface area contributed by atoms with Crippen molar-refractivity contribution in [2.24, 2.45) is 0 Å². The summed E-state index contributed by atoms with van der Waals surface area (Å²) >= 11 is 0. The van der Waals surface area contributed by atoms with Gasteiger partial charge in [-0.3, -0.25) is 24.2 Å². The van der Waals surface area contributed by atoms with Crippen LogP contribution in [-0.4, -0.2) is 85.3 Å². The number of aromatic nitrogens is 2. The second kappa shape index (κ2) is 17.2. The highest BCUT2D eigenvalue weighted by molar-refractivity contribution is 6.05. The number of anilines is 1. The van der Waals surface area contributed by atoms with Crippen molar-refractivity contribution in [3.63, 3.8) is 0 Å². The van der Waals surface area contributed by atoms with Gasteiger partial charge in [-0.05, 0) is 67.9 Å². The Labute approximate surface area is 298 Å². The molecule has 2 unspecified atom stereocenters. The van der Waals surface area contributed by atoms with Crippen molar-refractivity contribution in [2.75, 3.05) is 51.3 Å². The van der Waals surface area contributed by atoms with Crippen LogP contribution in [-0.2, 0) is 27.0 Å². The number of amides is 2. The fourth-order valence-corrected chi connectivity index (χ4v) is 6.17. The molecule has 2 aliphatic rings. The molecule has 10 nitrogen and oxygen atoms in total. The number of nitrogens with one attached hydrogen (secondary N) is 2. The molecule has 52 heavy (non-hydrogen) atoms. The third-order valence-corrected chi connectivity index (χ3v) is 8.60. The Kier molecular flexibility index (Phi) is 12.6. The van der Waals surface area contributed by atoms with Crippen LogP contribution >= 0.6 is 0 Å². The van der Waals surface area contributed by atoms with E-state index in [2.05, 4.69) is 27.4 Å². The smallest absolute Gasteiger partial charge is 0.379 e. The summed E-state index contributed by atoms with van der Waals surface area (Å²) in [7, 11) is 1.75. The summed E-state index contributed by atoms with van der Waals surface area (Å²) in [6, 6.07) is 17.6. The van der Waals surface area contributed by atoms with E-state index in [1.54, 1.807) is 18.7 Å². The van der Waals surface area contributed by atoms with Gasteiger partial charge < -0.3 is 15.4 Å². The molecule has 4 aromatic rings.